The number of aromatic nitrogens is 3. The van der Waals surface area contributed by atoms with Crippen molar-refractivity contribution in [2.45, 2.75) is 25.4 Å². The van der Waals surface area contributed by atoms with Gasteiger partial charge in [0.25, 0.3) is 0 Å². The molecule has 3 aromatic rings. The number of anilines is 1. The van der Waals surface area contributed by atoms with Gasteiger partial charge < -0.3 is 10.7 Å². The van der Waals surface area contributed by atoms with Crippen LogP contribution in [0.4, 0.5) is 14.6 Å². The van der Waals surface area contributed by atoms with Gasteiger partial charge in [0.05, 0.1) is 20.1 Å². The number of piperidine rings is 1. The fourth-order valence-electron chi connectivity index (χ4n) is 3.85. The van der Waals surface area contributed by atoms with Crippen LogP contribution in [0.5, 0.6) is 0 Å². The zero-order valence-electron chi connectivity index (χ0n) is 15.1. The van der Waals surface area contributed by atoms with Gasteiger partial charge in [-0.3, -0.25) is 4.90 Å². The van der Waals surface area contributed by atoms with Gasteiger partial charge >= 0.3 is 5.69 Å². The van der Waals surface area contributed by atoms with Crippen LogP contribution in [-0.4, -0.2) is 28.7 Å². The molecule has 0 bridgehead atoms. The molecule has 3 heterocycles. The summed E-state index contributed by atoms with van der Waals surface area (Å²) in [5, 5.41) is 0.850. The van der Waals surface area contributed by atoms with Gasteiger partial charge in [0.2, 0.25) is 5.82 Å². The van der Waals surface area contributed by atoms with Crippen molar-refractivity contribution in [1.29, 1.82) is 0 Å². The van der Waals surface area contributed by atoms with Crippen molar-refractivity contribution in [1.82, 2.24) is 9.55 Å². The molecule has 4 rings (SSSR count). The summed E-state index contributed by atoms with van der Waals surface area (Å²) < 4.78 is 30.9. The Morgan fingerprint density at radius 2 is 2.15 bits per heavy atom. The number of nitrogens with two attached hydrogens (primary N) is 1. The highest BCUT2D eigenvalue weighted by Gasteiger charge is 2.30. The van der Waals surface area contributed by atoms with Gasteiger partial charge in [-0.25, -0.2) is 18.1 Å². The van der Waals surface area contributed by atoms with E-state index in [2.05, 4.69) is 9.88 Å². The Kier molecular flexibility index (Phi) is 4.43. The van der Waals surface area contributed by atoms with Gasteiger partial charge in [-0.05, 0) is 37.1 Å². The Labute approximate surface area is 154 Å². The molecule has 0 aliphatic carbocycles. The lowest BCUT2D eigenvalue weighted by atomic mass is 10.1. The zero-order valence-corrected chi connectivity index (χ0v) is 15.1. The molecule has 0 unspecified atom stereocenters. The molecule has 6 nitrogen and oxygen atoms in total. The van der Waals surface area contributed by atoms with E-state index in [4.69, 9.17) is 5.73 Å². The standard InChI is InChI=1S/C19H21F2N5O/c1-24-17-15(6-7-23-17)18(25-8-2-3-14(22)11-25)26(19(24)27)10-12-9-13(20)4-5-16(12)21/h4-7,9,14H,2-3,8,10-11,22H2,1H3/p+1/t14-/m1/s1. The number of benzene rings is 1. The molecule has 8 heteroatoms. The van der Waals surface area contributed by atoms with E-state index in [-0.39, 0.29) is 23.8 Å². The minimum absolute atomic E-state index is 0.0103. The number of aromatic amines is 1. The molecule has 2 aromatic heterocycles. The molecule has 1 fully saturated rings. The van der Waals surface area contributed by atoms with Gasteiger partial charge in [0.1, 0.15) is 23.6 Å². The Morgan fingerprint density at radius 1 is 1.33 bits per heavy atom. The third kappa shape index (κ3) is 3.10. The largest absolute Gasteiger partial charge is 0.444 e. The normalized spacial score (nSPS) is 17.6. The van der Waals surface area contributed by atoms with Crippen molar-refractivity contribution in [2.75, 3.05) is 18.0 Å². The molecule has 0 amide bonds. The summed E-state index contributed by atoms with van der Waals surface area (Å²) in [6.45, 7) is 1.31. The molecule has 1 saturated heterocycles. The van der Waals surface area contributed by atoms with Gasteiger partial charge in [0.15, 0.2) is 5.65 Å². The van der Waals surface area contributed by atoms with Crippen molar-refractivity contribution < 1.29 is 13.3 Å². The fourth-order valence-corrected chi connectivity index (χ4v) is 3.85. The van der Waals surface area contributed by atoms with Gasteiger partial charge in [-0.15, -0.1) is 0 Å². The first-order valence-corrected chi connectivity index (χ1v) is 9.00. The zero-order chi connectivity index (χ0) is 19.1. The molecule has 142 valence electrons. The number of aryl methyl sites for hydroxylation is 1. The fraction of sp³-hybridized carbons (Fsp3) is 0.368. The van der Waals surface area contributed by atoms with E-state index in [1.165, 1.54) is 9.13 Å². The number of nitrogens with one attached hydrogen (secondary N) is 1. The molecule has 1 aliphatic heterocycles. The smallest absolute Gasteiger partial charge is 0.335 e. The second-order valence-electron chi connectivity index (χ2n) is 7.08. The summed E-state index contributed by atoms with van der Waals surface area (Å²) in [6, 6.07) is 5.19. The van der Waals surface area contributed by atoms with E-state index in [1.54, 1.807) is 13.2 Å². The average Bonchev–Trinajstić information content (AvgIpc) is 3.12. The molecule has 0 radical (unpaired) electrons. The van der Waals surface area contributed by atoms with E-state index in [0.29, 0.717) is 18.0 Å². The summed E-state index contributed by atoms with van der Waals surface area (Å²) >= 11 is 0. The summed E-state index contributed by atoms with van der Waals surface area (Å²) in [5.74, 6) is -0.386. The minimum Gasteiger partial charge on any atom is -0.335 e. The van der Waals surface area contributed by atoms with Crippen molar-refractivity contribution >= 4 is 16.9 Å². The van der Waals surface area contributed by atoms with Crippen molar-refractivity contribution in [3.8, 4) is 0 Å². The number of hydrogen-bond donors (Lipinski definition) is 2. The Balaban J connectivity index is 1.92. The predicted molar refractivity (Wildman–Crippen MR) is 98.6 cm³/mol. The van der Waals surface area contributed by atoms with Crippen LogP contribution in [0.2, 0.25) is 0 Å². The second-order valence-corrected chi connectivity index (χ2v) is 7.08. The molecule has 0 saturated carbocycles. The Morgan fingerprint density at radius 3 is 2.93 bits per heavy atom. The van der Waals surface area contributed by atoms with Crippen LogP contribution in [-0.2, 0) is 13.6 Å². The summed E-state index contributed by atoms with van der Waals surface area (Å²) in [5.41, 5.74) is 6.66. The van der Waals surface area contributed by atoms with Crippen molar-refractivity contribution in [2.24, 2.45) is 12.8 Å². The highest BCUT2D eigenvalue weighted by Crippen LogP contribution is 2.24. The Bertz CT molecular complexity index is 1060. The van der Waals surface area contributed by atoms with E-state index in [0.717, 1.165) is 43.0 Å². The predicted octanol–water partition coefficient (Wildman–Crippen LogP) is 1.41. The lowest BCUT2D eigenvalue weighted by Gasteiger charge is -2.29. The van der Waals surface area contributed by atoms with Crippen LogP contribution in [0, 0.1) is 11.6 Å². The summed E-state index contributed by atoms with van der Waals surface area (Å²) in [4.78, 5) is 18.2. The number of hydrogen-bond acceptors (Lipinski definition) is 3. The molecular weight excluding hydrogens is 352 g/mol. The molecule has 1 aromatic carbocycles. The van der Waals surface area contributed by atoms with Crippen molar-refractivity contribution in [3.05, 3.63) is 58.1 Å². The lowest BCUT2D eigenvalue weighted by Crippen LogP contribution is -2.59. The topological polar surface area (TPSA) is 70.9 Å². The Hall–Kier alpha value is -2.74. The second kappa shape index (κ2) is 6.77. The number of H-pyrrole nitrogens is 1. The first kappa shape index (κ1) is 17.7. The molecule has 1 atom stereocenters. The molecule has 3 N–H and O–H groups in total. The number of halogens is 2. The molecule has 0 spiro atoms. The first-order chi connectivity index (χ1) is 13.0. The SMILES string of the molecule is Cn1c(=O)[n+](Cc2cc(F)ccc2F)c(N2CCC[C@@H](N)C2)c2cc[nH]c21. The third-order valence-corrected chi connectivity index (χ3v) is 5.17. The quantitative estimate of drug-likeness (QED) is 0.681. The maximum absolute atomic E-state index is 14.2. The third-order valence-electron chi connectivity index (χ3n) is 5.17. The van der Waals surface area contributed by atoms with Gasteiger partial charge in [-0.1, -0.05) is 0 Å². The van der Waals surface area contributed by atoms with Crippen LogP contribution >= 0.6 is 0 Å². The number of nitrogens with zero attached hydrogens (tertiary/aromatic N) is 3. The van der Waals surface area contributed by atoms with E-state index in [1.807, 2.05) is 6.07 Å². The van der Waals surface area contributed by atoms with Crippen LogP contribution in [0.3, 0.4) is 0 Å². The highest BCUT2D eigenvalue weighted by atomic mass is 19.1. The minimum atomic E-state index is -0.540. The first-order valence-electron chi connectivity index (χ1n) is 9.00. The van der Waals surface area contributed by atoms with Crippen LogP contribution in [0.25, 0.3) is 11.0 Å². The van der Waals surface area contributed by atoms with Gasteiger partial charge in [0, 0.05) is 17.8 Å². The van der Waals surface area contributed by atoms with E-state index >= 15 is 0 Å². The average molecular weight is 374 g/mol. The number of fused-ring (bicyclic) bond motifs is 1. The maximum Gasteiger partial charge on any atom is 0.444 e. The van der Waals surface area contributed by atoms with Gasteiger partial charge in [-0.2, -0.15) is 4.57 Å². The monoisotopic (exact) mass is 374 g/mol. The molecule has 27 heavy (non-hydrogen) atoms. The summed E-state index contributed by atoms with van der Waals surface area (Å²) in [6.07, 6.45) is 3.61. The van der Waals surface area contributed by atoms with Crippen LogP contribution in [0.15, 0.2) is 35.3 Å². The lowest BCUT2D eigenvalue weighted by molar-refractivity contribution is -0.693. The molecule has 1 aliphatic rings. The highest BCUT2D eigenvalue weighted by molar-refractivity contribution is 5.86. The maximum atomic E-state index is 14.2. The van der Waals surface area contributed by atoms with Crippen molar-refractivity contribution in [3.63, 3.8) is 0 Å². The van der Waals surface area contributed by atoms with Crippen LogP contribution < -0.4 is 20.9 Å². The summed E-state index contributed by atoms with van der Waals surface area (Å²) in [7, 11) is 1.66. The van der Waals surface area contributed by atoms with Crippen LogP contribution in [0.1, 0.15) is 18.4 Å². The van der Waals surface area contributed by atoms with E-state index < -0.39 is 11.6 Å². The number of rotatable bonds is 3. The van der Waals surface area contributed by atoms with E-state index in [9.17, 15) is 13.6 Å². The molecular formula is C19H22F2N5O+.